The average molecular weight is 370 g/mol. The van der Waals surface area contributed by atoms with E-state index in [1.807, 2.05) is 18.2 Å². The summed E-state index contributed by atoms with van der Waals surface area (Å²) in [5.41, 5.74) is 1.06. The van der Waals surface area contributed by atoms with E-state index in [2.05, 4.69) is 25.0 Å². The van der Waals surface area contributed by atoms with Crippen LogP contribution < -0.4 is 14.8 Å². The van der Waals surface area contributed by atoms with Gasteiger partial charge in [0, 0.05) is 40.6 Å². The molecule has 0 aliphatic rings. The first-order chi connectivity index (χ1) is 12.0. The summed E-state index contributed by atoms with van der Waals surface area (Å²) in [6.07, 6.45) is 2.48. The number of nitrogens with one attached hydrogen (secondary N) is 1. The third kappa shape index (κ3) is 10.4. The standard InChI is InChI=1S/C19H35NO4Si/c1-21-11-13-23-18-9-8-17(16-19(18)24-14-12-22-2)20-10-6-7-15-25(3,4)5/h8-9,16,20H,6-7,10-15H2,1-5H3. The summed E-state index contributed by atoms with van der Waals surface area (Å²) >= 11 is 0. The first kappa shape index (κ1) is 21.8. The lowest BCUT2D eigenvalue weighted by molar-refractivity contribution is 0.132. The minimum Gasteiger partial charge on any atom is -0.487 e. The highest BCUT2D eigenvalue weighted by molar-refractivity contribution is 6.76. The van der Waals surface area contributed by atoms with Crippen molar-refractivity contribution in [3.8, 4) is 11.5 Å². The van der Waals surface area contributed by atoms with Gasteiger partial charge in [-0.25, -0.2) is 0 Å². The monoisotopic (exact) mass is 369 g/mol. The number of rotatable bonds is 14. The van der Waals surface area contributed by atoms with Crippen LogP contribution in [0.2, 0.25) is 25.7 Å². The third-order valence-corrected chi connectivity index (χ3v) is 5.57. The molecular weight excluding hydrogens is 334 g/mol. The highest BCUT2D eigenvalue weighted by Gasteiger charge is 2.11. The lowest BCUT2D eigenvalue weighted by Gasteiger charge is -2.16. The highest BCUT2D eigenvalue weighted by atomic mass is 28.3. The van der Waals surface area contributed by atoms with Gasteiger partial charge in [-0.3, -0.25) is 0 Å². The van der Waals surface area contributed by atoms with Gasteiger partial charge in [-0.2, -0.15) is 0 Å². The van der Waals surface area contributed by atoms with Crippen LogP contribution in [-0.2, 0) is 9.47 Å². The van der Waals surface area contributed by atoms with Gasteiger partial charge in [0.15, 0.2) is 11.5 Å². The fraction of sp³-hybridized carbons (Fsp3) is 0.684. The van der Waals surface area contributed by atoms with Crippen LogP contribution in [-0.4, -0.2) is 55.3 Å². The van der Waals surface area contributed by atoms with Gasteiger partial charge in [0.25, 0.3) is 0 Å². The normalized spacial score (nSPS) is 11.4. The maximum Gasteiger partial charge on any atom is 0.163 e. The van der Waals surface area contributed by atoms with E-state index in [0.717, 1.165) is 23.7 Å². The maximum atomic E-state index is 5.80. The van der Waals surface area contributed by atoms with Gasteiger partial charge in [-0.1, -0.05) is 32.1 Å². The van der Waals surface area contributed by atoms with Crippen LogP contribution in [0.1, 0.15) is 12.8 Å². The van der Waals surface area contributed by atoms with Crippen molar-refractivity contribution < 1.29 is 18.9 Å². The molecule has 0 unspecified atom stereocenters. The van der Waals surface area contributed by atoms with Crippen molar-refractivity contribution in [1.29, 1.82) is 0 Å². The average Bonchev–Trinajstić information content (AvgIpc) is 2.55. The minimum atomic E-state index is -0.924. The van der Waals surface area contributed by atoms with Crippen molar-refractivity contribution in [2.24, 2.45) is 0 Å². The van der Waals surface area contributed by atoms with Gasteiger partial charge >= 0.3 is 0 Å². The maximum absolute atomic E-state index is 5.80. The fourth-order valence-electron chi connectivity index (χ4n) is 2.33. The van der Waals surface area contributed by atoms with E-state index in [0.29, 0.717) is 26.4 Å². The first-order valence-electron chi connectivity index (χ1n) is 9.07. The number of benzene rings is 1. The Morgan fingerprint density at radius 1 is 0.840 bits per heavy atom. The van der Waals surface area contributed by atoms with E-state index in [4.69, 9.17) is 18.9 Å². The summed E-state index contributed by atoms with van der Waals surface area (Å²) in [5.74, 6) is 1.47. The second kappa shape index (κ2) is 12.2. The molecule has 25 heavy (non-hydrogen) atoms. The van der Waals surface area contributed by atoms with Crippen molar-refractivity contribution in [3.63, 3.8) is 0 Å². The summed E-state index contributed by atoms with van der Waals surface area (Å²) in [7, 11) is 2.40. The predicted molar refractivity (Wildman–Crippen MR) is 107 cm³/mol. The molecule has 0 saturated carbocycles. The second-order valence-corrected chi connectivity index (χ2v) is 12.9. The second-order valence-electron chi connectivity index (χ2n) is 7.29. The van der Waals surface area contributed by atoms with Gasteiger partial charge < -0.3 is 24.3 Å². The molecule has 1 N–H and O–H groups in total. The molecule has 1 aromatic rings. The Morgan fingerprint density at radius 2 is 1.48 bits per heavy atom. The smallest absolute Gasteiger partial charge is 0.163 e. The zero-order valence-electron chi connectivity index (χ0n) is 16.5. The van der Waals surface area contributed by atoms with Gasteiger partial charge in [0.2, 0.25) is 0 Å². The first-order valence-corrected chi connectivity index (χ1v) is 12.8. The van der Waals surface area contributed by atoms with Gasteiger partial charge in [0.1, 0.15) is 13.2 Å². The predicted octanol–water partition coefficient (Wildman–Crippen LogP) is 4.27. The Morgan fingerprint density at radius 3 is 2.08 bits per heavy atom. The van der Waals surface area contributed by atoms with Crippen molar-refractivity contribution in [2.75, 3.05) is 52.5 Å². The van der Waals surface area contributed by atoms with E-state index in [-0.39, 0.29) is 0 Å². The van der Waals surface area contributed by atoms with E-state index in [1.165, 1.54) is 18.9 Å². The summed E-state index contributed by atoms with van der Waals surface area (Å²) in [6.45, 7) is 10.3. The summed E-state index contributed by atoms with van der Waals surface area (Å²) < 4.78 is 21.6. The van der Waals surface area contributed by atoms with Crippen LogP contribution in [0.15, 0.2) is 18.2 Å². The third-order valence-electron chi connectivity index (χ3n) is 3.72. The zero-order chi connectivity index (χ0) is 18.5. The Kier molecular flexibility index (Phi) is 10.6. The Labute approximate surface area is 154 Å². The molecule has 0 amide bonds. The van der Waals surface area contributed by atoms with E-state index < -0.39 is 8.07 Å². The molecule has 0 aromatic heterocycles. The molecule has 5 nitrogen and oxygen atoms in total. The molecule has 0 atom stereocenters. The van der Waals surface area contributed by atoms with Crippen molar-refractivity contribution >= 4 is 13.8 Å². The van der Waals surface area contributed by atoms with E-state index in [1.54, 1.807) is 14.2 Å². The molecule has 144 valence electrons. The van der Waals surface area contributed by atoms with E-state index >= 15 is 0 Å². The number of anilines is 1. The van der Waals surface area contributed by atoms with Crippen molar-refractivity contribution in [2.45, 2.75) is 38.5 Å². The molecular formula is C19H35NO4Si. The summed E-state index contributed by atoms with van der Waals surface area (Å²) in [4.78, 5) is 0. The lowest BCUT2D eigenvalue weighted by atomic mass is 10.2. The quantitative estimate of drug-likeness (QED) is 0.392. The SMILES string of the molecule is COCCOc1ccc(NCCCC[Si](C)(C)C)cc1OCCOC. The van der Waals surface area contributed by atoms with Crippen molar-refractivity contribution in [3.05, 3.63) is 18.2 Å². The van der Waals surface area contributed by atoms with Gasteiger partial charge in [-0.05, 0) is 18.6 Å². The molecule has 0 aliphatic heterocycles. The van der Waals surface area contributed by atoms with Crippen LogP contribution in [0.25, 0.3) is 0 Å². The van der Waals surface area contributed by atoms with Crippen molar-refractivity contribution in [1.82, 2.24) is 0 Å². The summed E-state index contributed by atoms with van der Waals surface area (Å²) in [5, 5.41) is 3.48. The largest absolute Gasteiger partial charge is 0.487 e. The number of methoxy groups -OCH3 is 2. The van der Waals surface area contributed by atoms with Crippen LogP contribution in [0.3, 0.4) is 0 Å². The highest BCUT2D eigenvalue weighted by Crippen LogP contribution is 2.30. The number of ether oxygens (including phenoxy) is 4. The molecule has 0 saturated heterocycles. The number of unbranched alkanes of at least 4 members (excludes halogenated alkanes) is 1. The Balaban J connectivity index is 2.53. The molecule has 6 heteroatoms. The topological polar surface area (TPSA) is 49.0 Å². The molecule has 0 aliphatic carbocycles. The molecule has 1 rings (SSSR count). The molecule has 1 aromatic carbocycles. The van der Waals surface area contributed by atoms with E-state index in [9.17, 15) is 0 Å². The molecule has 0 bridgehead atoms. The number of hydrogen-bond acceptors (Lipinski definition) is 5. The lowest BCUT2D eigenvalue weighted by Crippen LogP contribution is -2.19. The van der Waals surface area contributed by atoms with Gasteiger partial charge in [0.05, 0.1) is 13.2 Å². The summed E-state index contributed by atoms with van der Waals surface area (Å²) in [6, 6.07) is 7.36. The molecule has 0 heterocycles. The zero-order valence-corrected chi connectivity index (χ0v) is 17.5. The van der Waals surface area contributed by atoms with Crippen LogP contribution in [0.4, 0.5) is 5.69 Å². The minimum absolute atomic E-state index is 0.497. The fourth-order valence-corrected chi connectivity index (χ4v) is 3.64. The molecule has 0 spiro atoms. The molecule has 0 radical (unpaired) electrons. The Bertz CT molecular complexity index is 477. The van der Waals surface area contributed by atoms with Gasteiger partial charge in [-0.15, -0.1) is 0 Å². The Hall–Kier alpha value is -1.24. The van der Waals surface area contributed by atoms with Crippen LogP contribution >= 0.6 is 0 Å². The molecule has 0 fully saturated rings. The number of hydrogen-bond donors (Lipinski definition) is 1. The van der Waals surface area contributed by atoms with Crippen LogP contribution in [0.5, 0.6) is 11.5 Å². The van der Waals surface area contributed by atoms with Crippen LogP contribution in [0, 0.1) is 0 Å².